The maximum Gasteiger partial charge on any atom is 0.408 e. The van der Waals surface area contributed by atoms with Crippen LogP contribution in [0.1, 0.15) is 61.5 Å². The molecule has 0 saturated heterocycles. The van der Waals surface area contributed by atoms with Crippen molar-refractivity contribution in [3.8, 4) is 28.0 Å². The van der Waals surface area contributed by atoms with Crippen LogP contribution in [0.5, 0.6) is 5.75 Å². The number of ether oxygens (including phenoxy) is 3. The minimum atomic E-state index is -0.813. The highest BCUT2D eigenvalue weighted by atomic mass is 32.2. The standard InChI is InChI=1S/C37H37NO6S/c1-5-34(39)42-23-33(45-35(40)25-11-7-6-8-12-25)38-36(41)43-22-32-29-14-10-9-13-28(29)31-21-26(17-20-30(31)32)24-15-18-27(19-16-24)44-37(2,3)4/h6-21,32-33H,5,22-23H2,1-4H3,(H,38,41). The molecule has 0 aliphatic heterocycles. The average Bonchev–Trinajstić information content (AvgIpc) is 3.35. The Kier molecular flexibility index (Phi) is 9.93. The highest BCUT2D eigenvalue weighted by Gasteiger charge is 2.30. The topological polar surface area (TPSA) is 90.9 Å². The van der Waals surface area contributed by atoms with Crippen molar-refractivity contribution in [1.82, 2.24) is 5.32 Å². The van der Waals surface area contributed by atoms with Crippen LogP contribution in [0.3, 0.4) is 0 Å². The number of esters is 1. The van der Waals surface area contributed by atoms with Gasteiger partial charge >= 0.3 is 12.1 Å². The molecule has 7 nitrogen and oxygen atoms in total. The zero-order chi connectivity index (χ0) is 32.0. The van der Waals surface area contributed by atoms with Gasteiger partial charge in [-0.2, -0.15) is 0 Å². The number of thioether (sulfide) groups is 1. The lowest BCUT2D eigenvalue weighted by Gasteiger charge is -2.21. The van der Waals surface area contributed by atoms with Gasteiger partial charge in [0.05, 0.1) is 0 Å². The molecule has 2 unspecified atom stereocenters. The van der Waals surface area contributed by atoms with Crippen LogP contribution in [-0.2, 0) is 14.3 Å². The lowest BCUT2D eigenvalue weighted by atomic mass is 9.95. The van der Waals surface area contributed by atoms with E-state index in [4.69, 9.17) is 14.2 Å². The van der Waals surface area contributed by atoms with E-state index in [1.54, 1.807) is 31.2 Å². The van der Waals surface area contributed by atoms with E-state index in [1.807, 2.05) is 51.1 Å². The number of nitrogens with one attached hydrogen (secondary N) is 1. The van der Waals surface area contributed by atoms with E-state index in [0.29, 0.717) is 5.56 Å². The number of alkyl carbamates (subject to hydrolysis) is 1. The van der Waals surface area contributed by atoms with Crippen LogP contribution in [0, 0.1) is 0 Å². The zero-order valence-corrected chi connectivity index (χ0v) is 26.7. The first kappa shape index (κ1) is 31.9. The molecule has 5 rings (SSSR count). The smallest absolute Gasteiger partial charge is 0.408 e. The highest BCUT2D eigenvalue weighted by molar-refractivity contribution is 8.14. The second kappa shape index (κ2) is 14.0. The maximum atomic E-state index is 13.0. The molecule has 0 saturated carbocycles. The minimum absolute atomic E-state index is 0.104. The molecule has 0 spiro atoms. The van der Waals surface area contributed by atoms with Gasteiger partial charge in [0.15, 0.2) is 0 Å². The van der Waals surface area contributed by atoms with Crippen LogP contribution in [-0.4, -0.2) is 41.4 Å². The normalized spacial score (nSPS) is 14.1. The predicted molar refractivity (Wildman–Crippen MR) is 177 cm³/mol. The van der Waals surface area contributed by atoms with Crippen molar-refractivity contribution in [2.45, 2.75) is 51.0 Å². The van der Waals surface area contributed by atoms with Gasteiger partial charge in [0, 0.05) is 17.9 Å². The second-order valence-electron chi connectivity index (χ2n) is 11.7. The summed E-state index contributed by atoms with van der Waals surface area (Å²) in [5.74, 6) is 0.242. The fourth-order valence-corrected chi connectivity index (χ4v) is 6.04. The summed E-state index contributed by atoms with van der Waals surface area (Å²) >= 11 is 0.881. The van der Waals surface area contributed by atoms with Gasteiger partial charge in [-0.25, -0.2) is 4.79 Å². The monoisotopic (exact) mass is 623 g/mol. The van der Waals surface area contributed by atoms with Gasteiger partial charge in [0.1, 0.15) is 29.9 Å². The van der Waals surface area contributed by atoms with Gasteiger partial charge in [0.25, 0.3) is 0 Å². The number of rotatable bonds is 10. The Morgan fingerprint density at radius 3 is 2.18 bits per heavy atom. The molecule has 1 aliphatic carbocycles. The molecule has 1 amide bonds. The predicted octanol–water partition coefficient (Wildman–Crippen LogP) is 8.22. The van der Waals surface area contributed by atoms with E-state index >= 15 is 0 Å². The number of amides is 1. The average molecular weight is 624 g/mol. The Morgan fingerprint density at radius 2 is 1.47 bits per heavy atom. The summed E-state index contributed by atoms with van der Waals surface area (Å²) in [7, 11) is 0. The van der Waals surface area contributed by atoms with Crippen molar-refractivity contribution in [3.05, 3.63) is 114 Å². The van der Waals surface area contributed by atoms with Crippen molar-refractivity contribution in [1.29, 1.82) is 0 Å². The van der Waals surface area contributed by atoms with Gasteiger partial charge in [-0.1, -0.05) is 97.5 Å². The molecule has 232 valence electrons. The fourth-order valence-electron chi connectivity index (χ4n) is 5.21. The highest BCUT2D eigenvalue weighted by Crippen LogP contribution is 2.46. The molecule has 0 heterocycles. The largest absolute Gasteiger partial charge is 0.488 e. The third kappa shape index (κ3) is 8.13. The molecule has 0 fully saturated rings. The van der Waals surface area contributed by atoms with E-state index in [9.17, 15) is 14.4 Å². The molecule has 2 atom stereocenters. The Balaban J connectivity index is 1.29. The number of fused-ring (bicyclic) bond motifs is 3. The van der Waals surface area contributed by atoms with Crippen LogP contribution in [0.4, 0.5) is 4.79 Å². The third-order valence-electron chi connectivity index (χ3n) is 7.27. The second-order valence-corrected chi connectivity index (χ2v) is 12.9. The van der Waals surface area contributed by atoms with Crippen molar-refractivity contribution >= 4 is 28.9 Å². The van der Waals surface area contributed by atoms with Crippen LogP contribution >= 0.6 is 11.8 Å². The third-order valence-corrected chi connectivity index (χ3v) is 8.26. The van der Waals surface area contributed by atoms with E-state index in [0.717, 1.165) is 50.9 Å². The first-order valence-corrected chi connectivity index (χ1v) is 15.9. The van der Waals surface area contributed by atoms with Gasteiger partial charge < -0.3 is 19.5 Å². The molecule has 0 aromatic heterocycles. The number of hydrogen-bond donors (Lipinski definition) is 1. The van der Waals surface area contributed by atoms with Crippen LogP contribution < -0.4 is 10.1 Å². The molecular weight excluding hydrogens is 586 g/mol. The summed E-state index contributed by atoms with van der Waals surface area (Å²) < 4.78 is 17.0. The Morgan fingerprint density at radius 1 is 0.800 bits per heavy atom. The summed E-state index contributed by atoms with van der Waals surface area (Å²) in [6.07, 6.45) is -0.505. The van der Waals surface area contributed by atoms with Gasteiger partial charge in [0.2, 0.25) is 5.12 Å². The van der Waals surface area contributed by atoms with Gasteiger partial charge in [-0.05, 0) is 72.4 Å². The van der Waals surface area contributed by atoms with Crippen molar-refractivity contribution < 1.29 is 28.6 Å². The molecule has 1 N–H and O–H groups in total. The summed E-state index contributed by atoms with van der Waals surface area (Å²) in [5.41, 5.74) is 6.72. The SMILES string of the molecule is CCC(=O)OCC(NC(=O)OCC1c2ccccc2-c2cc(-c3ccc(OC(C)(C)C)cc3)ccc21)SC(=O)c1ccccc1. The molecule has 45 heavy (non-hydrogen) atoms. The first-order valence-electron chi connectivity index (χ1n) is 15.0. The molecule has 8 heteroatoms. The van der Waals surface area contributed by atoms with Crippen molar-refractivity contribution in [3.63, 3.8) is 0 Å². The van der Waals surface area contributed by atoms with E-state index in [2.05, 4.69) is 47.8 Å². The Hall–Kier alpha value is -4.56. The summed E-state index contributed by atoms with van der Waals surface area (Å²) in [4.78, 5) is 37.6. The molecular formula is C37H37NO6S. The van der Waals surface area contributed by atoms with Crippen molar-refractivity contribution in [2.75, 3.05) is 13.2 Å². The number of carbonyl (C=O) groups is 3. The van der Waals surface area contributed by atoms with E-state index in [-0.39, 0.29) is 36.3 Å². The molecule has 0 radical (unpaired) electrons. The summed E-state index contributed by atoms with van der Waals surface area (Å²) in [5, 5.41) is 1.65. The minimum Gasteiger partial charge on any atom is -0.488 e. The Bertz CT molecular complexity index is 1660. The number of benzene rings is 4. The number of hydrogen-bond acceptors (Lipinski definition) is 7. The van der Waals surface area contributed by atoms with Crippen molar-refractivity contribution in [2.24, 2.45) is 0 Å². The van der Waals surface area contributed by atoms with Crippen LogP contribution in [0.2, 0.25) is 0 Å². The zero-order valence-electron chi connectivity index (χ0n) is 25.9. The lowest BCUT2D eigenvalue weighted by Crippen LogP contribution is -2.38. The molecule has 0 bridgehead atoms. The molecule has 4 aromatic rings. The summed E-state index contributed by atoms with van der Waals surface area (Å²) in [6.45, 7) is 7.70. The first-order chi connectivity index (χ1) is 21.6. The quantitative estimate of drug-likeness (QED) is 0.141. The fraction of sp³-hybridized carbons (Fsp3) is 0.270. The van der Waals surface area contributed by atoms with E-state index in [1.165, 1.54) is 0 Å². The molecule has 1 aliphatic rings. The lowest BCUT2D eigenvalue weighted by molar-refractivity contribution is -0.143. The molecule has 4 aromatic carbocycles. The summed E-state index contributed by atoms with van der Waals surface area (Å²) in [6, 6.07) is 31.3. The van der Waals surface area contributed by atoms with Crippen LogP contribution in [0.25, 0.3) is 22.3 Å². The van der Waals surface area contributed by atoms with E-state index < -0.39 is 17.4 Å². The van der Waals surface area contributed by atoms with Crippen LogP contribution in [0.15, 0.2) is 97.1 Å². The Labute approximate surface area is 268 Å². The van der Waals surface area contributed by atoms with Gasteiger partial charge in [-0.15, -0.1) is 0 Å². The van der Waals surface area contributed by atoms with Gasteiger partial charge in [-0.3, -0.25) is 9.59 Å². The maximum absolute atomic E-state index is 13.0. The number of carbonyl (C=O) groups excluding carboxylic acids is 3.